The Balaban J connectivity index is 1.82. The van der Waals surface area contributed by atoms with Crippen LogP contribution in [0.15, 0.2) is 18.5 Å². The van der Waals surface area contributed by atoms with Gasteiger partial charge < -0.3 is 15.1 Å². The van der Waals surface area contributed by atoms with Crippen molar-refractivity contribution < 1.29 is 9.53 Å². The number of hydrazine groups is 1. The van der Waals surface area contributed by atoms with Crippen LogP contribution in [-0.4, -0.2) is 41.1 Å². The third kappa shape index (κ3) is 1.93. The van der Waals surface area contributed by atoms with Crippen molar-refractivity contribution in [2.45, 2.75) is 25.0 Å². The van der Waals surface area contributed by atoms with Gasteiger partial charge in [0.15, 0.2) is 0 Å². The summed E-state index contributed by atoms with van der Waals surface area (Å²) in [5.74, 6) is 5.39. The smallest absolute Gasteiger partial charge is 0.256 e. The third-order valence-electron chi connectivity index (χ3n) is 3.54. The summed E-state index contributed by atoms with van der Waals surface area (Å²) in [5.41, 5.74) is 3.63. The first-order chi connectivity index (χ1) is 8.78. The van der Waals surface area contributed by atoms with Gasteiger partial charge in [-0.3, -0.25) is 15.6 Å². The monoisotopic (exact) mass is 248 g/mol. The number of anilines is 1. The maximum absolute atomic E-state index is 12.4. The van der Waals surface area contributed by atoms with Gasteiger partial charge in [-0.25, -0.2) is 0 Å². The zero-order chi connectivity index (χ0) is 12.5. The molecular weight excluding hydrogens is 232 g/mol. The first kappa shape index (κ1) is 11.4. The van der Waals surface area contributed by atoms with Crippen LogP contribution in [0.1, 0.15) is 23.2 Å². The van der Waals surface area contributed by atoms with Crippen molar-refractivity contribution in [3.8, 4) is 0 Å². The Bertz CT molecular complexity index is 453. The molecule has 96 valence electrons. The quantitative estimate of drug-likeness (QED) is 0.584. The second-order valence-electron chi connectivity index (χ2n) is 4.73. The van der Waals surface area contributed by atoms with Crippen LogP contribution in [-0.2, 0) is 4.74 Å². The number of nitrogens with two attached hydrogens (primary N) is 1. The molecule has 1 amide bonds. The number of hydrogen-bond donors (Lipinski definition) is 2. The molecule has 0 aliphatic carbocycles. The Morgan fingerprint density at radius 2 is 2.17 bits per heavy atom. The fraction of sp³-hybridized carbons (Fsp3) is 0.500. The lowest BCUT2D eigenvalue weighted by atomic mass is 10.2. The molecule has 2 unspecified atom stereocenters. The second-order valence-corrected chi connectivity index (χ2v) is 4.73. The van der Waals surface area contributed by atoms with Crippen LogP contribution in [0.4, 0.5) is 5.69 Å². The van der Waals surface area contributed by atoms with Crippen molar-refractivity contribution in [3.05, 3.63) is 24.0 Å². The second kappa shape index (κ2) is 4.55. The molecule has 6 heteroatoms. The van der Waals surface area contributed by atoms with Gasteiger partial charge in [0.2, 0.25) is 0 Å². The van der Waals surface area contributed by atoms with Gasteiger partial charge in [0.25, 0.3) is 5.91 Å². The predicted molar refractivity (Wildman–Crippen MR) is 65.8 cm³/mol. The maximum atomic E-state index is 12.4. The standard InChI is InChI=1S/C12H16N4O2/c13-15-11-5-14-4-3-10(11)12(17)16-6-8-1-2-9(7-16)18-8/h3-5,8-9,15H,1-2,6-7,13H2. The number of amides is 1. The lowest BCUT2D eigenvalue weighted by Gasteiger charge is -2.32. The molecule has 2 bridgehead atoms. The number of morpholine rings is 1. The Labute approximate surface area is 105 Å². The number of hydrogen-bond acceptors (Lipinski definition) is 5. The summed E-state index contributed by atoms with van der Waals surface area (Å²) >= 11 is 0. The molecule has 3 N–H and O–H groups in total. The van der Waals surface area contributed by atoms with Crippen LogP contribution in [0.25, 0.3) is 0 Å². The third-order valence-corrected chi connectivity index (χ3v) is 3.54. The van der Waals surface area contributed by atoms with Crippen molar-refractivity contribution >= 4 is 11.6 Å². The number of likely N-dealkylation sites (tertiary alicyclic amines) is 1. The minimum absolute atomic E-state index is 0.00875. The van der Waals surface area contributed by atoms with E-state index in [1.54, 1.807) is 18.5 Å². The Morgan fingerprint density at radius 3 is 2.83 bits per heavy atom. The number of nitrogens with zero attached hydrogens (tertiary/aromatic N) is 2. The van der Waals surface area contributed by atoms with Gasteiger partial charge in [0, 0.05) is 19.3 Å². The number of aromatic nitrogens is 1. The Morgan fingerprint density at radius 1 is 1.44 bits per heavy atom. The molecule has 3 rings (SSSR count). The number of nitrogen functional groups attached to an aromatic ring is 1. The average Bonchev–Trinajstić information content (AvgIpc) is 2.76. The molecule has 2 aliphatic rings. The van der Waals surface area contributed by atoms with E-state index in [-0.39, 0.29) is 18.1 Å². The fourth-order valence-electron chi connectivity index (χ4n) is 2.65. The molecule has 18 heavy (non-hydrogen) atoms. The van der Waals surface area contributed by atoms with E-state index >= 15 is 0 Å². The number of nitrogens with one attached hydrogen (secondary N) is 1. The van der Waals surface area contributed by atoms with Crippen molar-refractivity contribution in [2.75, 3.05) is 18.5 Å². The summed E-state index contributed by atoms with van der Waals surface area (Å²) in [5, 5.41) is 0. The molecule has 1 aromatic rings. The topological polar surface area (TPSA) is 80.5 Å². The van der Waals surface area contributed by atoms with E-state index in [9.17, 15) is 4.79 Å². The zero-order valence-electron chi connectivity index (χ0n) is 10.0. The van der Waals surface area contributed by atoms with Crippen LogP contribution < -0.4 is 11.3 Å². The van der Waals surface area contributed by atoms with Crippen LogP contribution in [0.2, 0.25) is 0 Å². The summed E-state index contributed by atoms with van der Waals surface area (Å²) in [6, 6.07) is 1.69. The molecular formula is C12H16N4O2. The predicted octanol–water partition coefficient (Wildman–Crippen LogP) is 0.371. The number of carbonyl (C=O) groups excluding carboxylic acids is 1. The normalized spacial score (nSPS) is 26.2. The Kier molecular flexibility index (Phi) is 2.89. The molecule has 1 aromatic heterocycles. The fourth-order valence-corrected chi connectivity index (χ4v) is 2.65. The molecule has 2 aliphatic heterocycles. The van der Waals surface area contributed by atoms with Gasteiger partial charge in [-0.05, 0) is 18.9 Å². The van der Waals surface area contributed by atoms with Crippen molar-refractivity contribution in [1.29, 1.82) is 0 Å². The summed E-state index contributed by atoms with van der Waals surface area (Å²) < 4.78 is 5.72. The molecule has 2 saturated heterocycles. The number of carbonyl (C=O) groups is 1. The summed E-state index contributed by atoms with van der Waals surface area (Å²) in [6.07, 6.45) is 5.65. The largest absolute Gasteiger partial charge is 0.371 e. The van der Waals surface area contributed by atoms with Gasteiger partial charge in [-0.1, -0.05) is 0 Å². The zero-order valence-corrected chi connectivity index (χ0v) is 10.0. The van der Waals surface area contributed by atoms with Crippen molar-refractivity contribution in [3.63, 3.8) is 0 Å². The van der Waals surface area contributed by atoms with Gasteiger partial charge in [0.05, 0.1) is 29.7 Å². The van der Waals surface area contributed by atoms with E-state index < -0.39 is 0 Å². The highest BCUT2D eigenvalue weighted by Gasteiger charge is 2.36. The average molecular weight is 248 g/mol. The molecule has 2 atom stereocenters. The van der Waals surface area contributed by atoms with Gasteiger partial charge in [-0.2, -0.15) is 0 Å². The van der Waals surface area contributed by atoms with E-state index in [0.29, 0.717) is 24.3 Å². The number of fused-ring (bicyclic) bond motifs is 2. The molecule has 0 saturated carbocycles. The SMILES string of the molecule is NNc1cnccc1C(=O)N1CC2CCC(C1)O2. The highest BCUT2D eigenvalue weighted by atomic mass is 16.5. The molecule has 0 spiro atoms. The van der Waals surface area contributed by atoms with E-state index in [2.05, 4.69) is 10.4 Å². The first-order valence-corrected chi connectivity index (χ1v) is 6.13. The van der Waals surface area contributed by atoms with Crippen LogP contribution >= 0.6 is 0 Å². The summed E-state index contributed by atoms with van der Waals surface area (Å²) in [4.78, 5) is 18.2. The molecule has 0 radical (unpaired) electrons. The molecule has 6 nitrogen and oxygen atoms in total. The van der Waals surface area contributed by atoms with Crippen molar-refractivity contribution in [1.82, 2.24) is 9.88 Å². The lowest BCUT2D eigenvalue weighted by molar-refractivity contribution is -0.0303. The van der Waals surface area contributed by atoms with Gasteiger partial charge in [0.1, 0.15) is 0 Å². The number of ether oxygens (including phenoxy) is 1. The van der Waals surface area contributed by atoms with Gasteiger partial charge in [-0.15, -0.1) is 0 Å². The summed E-state index contributed by atoms with van der Waals surface area (Å²) in [7, 11) is 0. The van der Waals surface area contributed by atoms with Gasteiger partial charge >= 0.3 is 0 Å². The summed E-state index contributed by atoms with van der Waals surface area (Å²) in [6.45, 7) is 1.34. The van der Waals surface area contributed by atoms with E-state index in [4.69, 9.17) is 10.6 Å². The highest BCUT2D eigenvalue weighted by Crippen LogP contribution is 2.27. The van der Waals surface area contributed by atoms with Crippen LogP contribution in [0.5, 0.6) is 0 Å². The first-order valence-electron chi connectivity index (χ1n) is 6.13. The molecule has 2 fully saturated rings. The van der Waals surface area contributed by atoms with Crippen LogP contribution in [0.3, 0.4) is 0 Å². The number of pyridine rings is 1. The molecule has 3 heterocycles. The minimum atomic E-state index is -0.00875. The van der Waals surface area contributed by atoms with Crippen LogP contribution in [0, 0.1) is 0 Å². The molecule has 0 aromatic carbocycles. The van der Waals surface area contributed by atoms with E-state index in [1.165, 1.54) is 0 Å². The number of rotatable bonds is 2. The lowest BCUT2D eigenvalue weighted by Crippen LogP contribution is -2.46. The van der Waals surface area contributed by atoms with Crippen molar-refractivity contribution in [2.24, 2.45) is 5.84 Å². The maximum Gasteiger partial charge on any atom is 0.256 e. The van der Waals surface area contributed by atoms with E-state index in [1.807, 2.05) is 4.90 Å². The highest BCUT2D eigenvalue weighted by molar-refractivity contribution is 5.99. The van der Waals surface area contributed by atoms with E-state index in [0.717, 1.165) is 12.8 Å². The minimum Gasteiger partial charge on any atom is -0.371 e. The Hall–Kier alpha value is -1.66.